The zero-order chi connectivity index (χ0) is 20.3. The third-order valence-electron chi connectivity index (χ3n) is 3.94. The number of benzene rings is 2. The molecule has 0 atom stereocenters. The van der Waals surface area contributed by atoms with Crippen molar-refractivity contribution in [2.24, 2.45) is 0 Å². The van der Waals surface area contributed by atoms with Crippen LogP contribution in [0.5, 0.6) is 5.75 Å². The molecule has 0 aliphatic heterocycles. The average molecular weight is 388 g/mol. The Labute approximate surface area is 160 Å². The molecule has 0 bridgehead atoms. The van der Waals surface area contributed by atoms with E-state index >= 15 is 0 Å². The Bertz CT molecular complexity index is 972. The molecule has 146 valence electrons. The molecule has 8 heteroatoms. The van der Waals surface area contributed by atoms with Crippen molar-refractivity contribution in [3.05, 3.63) is 65.5 Å². The normalized spacial score (nSPS) is 11.2. The number of nitrogens with zero attached hydrogens (tertiary/aromatic N) is 2. The molecular weight excluding hydrogens is 369 g/mol. The van der Waals surface area contributed by atoms with Crippen LogP contribution in [0.1, 0.15) is 17.0 Å². The van der Waals surface area contributed by atoms with Crippen LogP contribution in [0.15, 0.2) is 48.5 Å². The number of nitrogens with one attached hydrogen (secondary N) is 2. The Morgan fingerprint density at radius 1 is 0.857 bits per heavy atom. The maximum Gasteiger partial charge on any atom is 0.416 e. The van der Waals surface area contributed by atoms with Crippen LogP contribution >= 0.6 is 0 Å². The predicted octanol–water partition coefficient (Wildman–Crippen LogP) is 5.61. The van der Waals surface area contributed by atoms with E-state index in [1.807, 2.05) is 25.1 Å². The van der Waals surface area contributed by atoms with Crippen molar-refractivity contribution in [1.82, 2.24) is 9.97 Å². The van der Waals surface area contributed by atoms with Crippen LogP contribution in [0.25, 0.3) is 0 Å². The number of anilines is 4. The van der Waals surface area contributed by atoms with Gasteiger partial charge in [-0.2, -0.15) is 13.2 Å². The maximum absolute atomic E-state index is 12.7. The van der Waals surface area contributed by atoms with E-state index in [0.717, 1.165) is 23.4 Å². The SMILES string of the molecule is COc1ccc(C)cc1Nc1cc(Nc2ccc(C(F)(F)F)cc2)nc(C)n1. The van der Waals surface area contributed by atoms with E-state index in [4.69, 9.17) is 4.74 Å². The van der Waals surface area contributed by atoms with Crippen LogP contribution in [0.4, 0.5) is 36.2 Å². The topological polar surface area (TPSA) is 59.1 Å². The molecule has 0 aliphatic carbocycles. The third kappa shape index (κ3) is 4.70. The summed E-state index contributed by atoms with van der Waals surface area (Å²) in [5, 5.41) is 6.20. The molecule has 0 aliphatic rings. The largest absolute Gasteiger partial charge is 0.495 e. The van der Waals surface area contributed by atoms with Gasteiger partial charge in [0.25, 0.3) is 0 Å². The second-order valence-electron chi connectivity index (χ2n) is 6.21. The first-order chi connectivity index (χ1) is 13.2. The van der Waals surface area contributed by atoms with Crippen molar-refractivity contribution >= 4 is 23.0 Å². The van der Waals surface area contributed by atoms with E-state index in [1.54, 1.807) is 20.1 Å². The molecule has 0 unspecified atom stereocenters. The molecule has 5 nitrogen and oxygen atoms in total. The Balaban J connectivity index is 1.83. The summed E-state index contributed by atoms with van der Waals surface area (Å²) in [5.41, 5.74) is 1.59. The fraction of sp³-hybridized carbons (Fsp3) is 0.200. The minimum absolute atomic E-state index is 0.460. The first-order valence-corrected chi connectivity index (χ1v) is 8.46. The molecule has 2 aromatic carbocycles. The van der Waals surface area contributed by atoms with Gasteiger partial charge in [-0.25, -0.2) is 9.97 Å². The van der Waals surface area contributed by atoms with Gasteiger partial charge in [-0.1, -0.05) is 6.07 Å². The Hall–Kier alpha value is -3.29. The predicted molar refractivity (Wildman–Crippen MR) is 103 cm³/mol. The number of aromatic nitrogens is 2. The molecule has 0 fully saturated rings. The summed E-state index contributed by atoms with van der Waals surface area (Å²) in [6.07, 6.45) is -4.37. The van der Waals surface area contributed by atoms with Gasteiger partial charge in [-0.15, -0.1) is 0 Å². The second kappa shape index (κ2) is 7.75. The second-order valence-corrected chi connectivity index (χ2v) is 6.21. The summed E-state index contributed by atoms with van der Waals surface area (Å²) in [6.45, 7) is 3.70. The van der Waals surface area contributed by atoms with E-state index in [0.29, 0.717) is 28.9 Å². The van der Waals surface area contributed by atoms with Crippen LogP contribution in [0, 0.1) is 13.8 Å². The van der Waals surface area contributed by atoms with Gasteiger partial charge in [-0.3, -0.25) is 0 Å². The van der Waals surface area contributed by atoms with Crippen molar-refractivity contribution in [1.29, 1.82) is 0 Å². The van der Waals surface area contributed by atoms with E-state index in [2.05, 4.69) is 20.6 Å². The number of aryl methyl sites for hydroxylation is 2. The fourth-order valence-electron chi connectivity index (χ4n) is 2.64. The van der Waals surface area contributed by atoms with Crippen molar-refractivity contribution < 1.29 is 17.9 Å². The third-order valence-corrected chi connectivity index (χ3v) is 3.94. The van der Waals surface area contributed by atoms with Gasteiger partial charge in [0.05, 0.1) is 18.4 Å². The monoisotopic (exact) mass is 388 g/mol. The highest BCUT2D eigenvalue weighted by Crippen LogP contribution is 2.31. The molecule has 1 aromatic heterocycles. The fourth-order valence-corrected chi connectivity index (χ4v) is 2.64. The van der Waals surface area contributed by atoms with Crippen LogP contribution in [0.2, 0.25) is 0 Å². The Morgan fingerprint density at radius 2 is 1.50 bits per heavy atom. The quantitative estimate of drug-likeness (QED) is 0.595. The molecule has 0 spiro atoms. The first kappa shape index (κ1) is 19.5. The van der Waals surface area contributed by atoms with Crippen molar-refractivity contribution in [3.8, 4) is 5.75 Å². The smallest absolute Gasteiger partial charge is 0.416 e. The van der Waals surface area contributed by atoms with Gasteiger partial charge in [0.1, 0.15) is 23.2 Å². The standard InChI is InChI=1S/C20H19F3N4O/c1-12-4-9-17(28-3)16(10-12)27-19-11-18(24-13(2)25-19)26-15-7-5-14(6-8-15)20(21,22)23/h4-11H,1-3H3,(H2,24,25,26,27). The number of methoxy groups -OCH3 is 1. The van der Waals surface area contributed by atoms with Gasteiger partial charge in [0.2, 0.25) is 0 Å². The van der Waals surface area contributed by atoms with Crippen LogP contribution in [-0.2, 0) is 6.18 Å². The van der Waals surface area contributed by atoms with Crippen molar-refractivity contribution in [2.45, 2.75) is 20.0 Å². The van der Waals surface area contributed by atoms with Gasteiger partial charge in [-0.05, 0) is 55.8 Å². The van der Waals surface area contributed by atoms with Gasteiger partial charge in [0.15, 0.2) is 0 Å². The molecule has 3 aromatic rings. The van der Waals surface area contributed by atoms with Crippen LogP contribution < -0.4 is 15.4 Å². The van der Waals surface area contributed by atoms with E-state index in [1.165, 1.54) is 12.1 Å². The lowest BCUT2D eigenvalue weighted by Crippen LogP contribution is -2.05. The molecule has 0 amide bonds. The van der Waals surface area contributed by atoms with Gasteiger partial charge < -0.3 is 15.4 Å². The van der Waals surface area contributed by atoms with Crippen molar-refractivity contribution in [2.75, 3.05) is 17.7 Å². The summed E-state index contributed by atoms with van der Waals surface area (Å²) in [5.74, 6) is 2.16. The minimum atomic E-state index is -4.37. The molecular formula is C20H19F3N4O. The lowest BCUT2D eigenvalue weighted by atomic mass is 10.2. The van der Waals surface area contributed by atoms with E-state index in [-0.39, 0.29) is 0 Å². The molecule has 3 rings (SSSR count). The molecule has 0 saturated carbocycles. The Morgan fingerprint density at radius 3 is 2.11 bits per heavy atom. The molecule has 1 heterocycles. The number of hydrogen-bond donors (Lipinski definition) is 2. The highest BCUT2D eigenvalue weighted by molar-refractivity contribution is 5.68. The number of alkyl halides is 3. The average Bonchev–Trinajstić information content (AvgIpc) is 2.61. The number of ether oxygens (including phenoxy) is 1. The minimum Gasteiger partial charge on any atom is -0.495 e. The van der Waals surface area contributed by atoms with Crippen molar-refractivity contribution in [3.63, 3.8) is 0 Å². The summed E-state index contributed by atoms with van der Waals surface area (Å²) < 4.78 is 43.4. The maximum atomic E-state index is 12.7. The zero-order valence-electron chi connectivity index (χ0n) is 15.6. The Kier molecular flexibility index (Phi) is 5.39. The molecule has 0 radical (unpaired) electrons. The molecule has 2 N–H and O–H groups in total. The summed E-state index contributed by atoms with van der Waals surface area (Å²) in [7, 11) is 1.58. The number of rotatable bonds is 5. The zero-order valence-corrected chi connectivity index (χ0v) is 15.6. The lowest BCUT2D eigenvalue weighted by molar-refractivity contribution is -0.137. The number of hydrogen-bond acceptors (Lipinski definition) is 5. The molecule has 28 heavy (non-hydrogen) atoms. The summed E-state index contributed by atoms with van der Waals surface area (Å²) >= 11 is 0. The van der Waals surface area contributed by atoms with Crippen LogP contribution in [-0.4, -0.2) is 17.1 Å². The molecule has 0 saturated heterocycles. The van der Waals surface area contributed by atoms with E-state index < -0.39 is 11.7 Å². The lowest BCUT2D eigenvalue weighted by Gasteiger charge is -2.13. The first-order valence-electron chi connectivity index (χ1n) is 8.46. The van der Waals surface area contributed by atoms with E-state index in [9.17, 15) is 13.2 Å². The highest BCUT2D eigenvalue weighted by Gasteiger charge is 2.29. The number of halogens is 3. The highest BCUT2D eigenvalue weighted by atomic mass is 19.4. The van der Waals surface area contributed by atoms with Gasteiger partial charge >= 0.3 is 6.18 Å². The summed E-state index contributed by atoms with van der Waals surface area (Å²) in [6, 6.07) is 12.2. The summed E-state index contributed by atoms with van der Waals surface area (Å²) in [4.78, 5) is 8.64. The van der Waals surface area contributed by atoms with Gasteiger partial charge in [0, 0.05) is 11.8 Å². The van der Waals surface area contributed by atoms with Crippen LogP contribution in [0.3, 0.4) is 0 Å².